The van der Waals surface area contributed by atoms with E-state index in [2.05, 4.69) is 15.9 Å². The van der Waals surface area contributed by atoms with Crippen LogP contribution in [-0.4, -0.2) is 63.9 Å². The summed E-state index contributed by atoms with van der Waals surface area (Å²) in [5.41, 5.74) is 0.552. The topological polar surface area (TPSA) is 76.2 Å². The number of carbonyl (C=O) groups is 1. The summed E-state index contributed by atoms with van der Waals surface area (Å²) < 4.78 is 38.0. The van der Waals surface area contributed by atoms with E-state index in [0.29, 0.717) is 34.6 Å². The first-order valence-electron chi connectivity index (χ1n) is 8.64. The smallest absolute Gasteiger partial charge is 0.253 e. The molecule has 0 spiro atoms. The SMILES string of the molecule is COc1ccc(C(=O)N2CCN(S(=O)(=O)c3ccc(OC)c(Br)c3)CC2)cc1. The molecule has 1 aliphatic rings. The van der Waals surface area contributed by atoms with Gasteiger partial charge in [-0.3, -0.25) is 4.79 Å². The number of methoxy groups -OCH3 is 2. The molecule has 0 aromatic heterocycles. The van der Waals surface area contributed by atoms with Crippen LogP contribution in [0.15, 0.2) is 51.8 Å². The molecule has 0 saturated carbocycles. The Balaban J connectivity index is 1.68. The number of halogens is 1. The van der Waals surface area contributed by atoms with Gasteiger partial charge in [0.1, 0.15) is 11.5 Å². The quantitative estimate of drug-likeness (QED) is 0.673. The van der Waals surface area contributed by atoms with E-state index in [1.165, 1.54) is 23.5 Å². The number of benzene rings is 2. The molecule has 0 aliphatic carbocycles. The van der Waals surface area contributed by atoms with Crippen LogP contribution >= 0.6 is 15.9 Å². The Morgan fingerprint density at radius 3 is 2.14 bits per heavy atom. The van der Waals surface area contributed by atoms with Crippen molar-refractivity contribution in [2.24, 2.45) is 0 Å². The lowest BCUT2D eigenvalue weighted by atomic mass is 10.2. The highest BCUT2D eigenvalue weighted by molar-refractivity contribution is 9.10. The molecular formula is C19H21BrN2O5S. The minimum absolute atomic E-state index is 0.119. The monoisotopic (exact) mass is 468 g/mol. The molecule has 0 N–H and O–H groups in total. The van der Waals surface area contributed by atoms with Crippen molar-refractivity contribution < 1.29 is 22.7 Å². The molecule has 9 heteroatoms. The molecule has 2 aromatic carbocycles. The van der Waals surface area contributed by atoms with E-state index in [0.717, 1.165) is 0 Å². The van der Waals surface area contributed by atoms with Crippen LogP contribution < -0.4 is 9.47 Å². The maximum atomic E-state index is 12.9. The fraction of sp³-hybridized carbons (Fsp3) is 0.316. The third-order valence-electron chi connectivity index (χ3n) is 4.62. The van der Waals surface area contributed by atoms with Gasteiger partial charge in [0, 0.05) is 31.7 Å². The van der Waals surface area contributed by atoms with Gasteiger partial charge >= 0.3 is 0 Å². The molecule has 0 bridgehead atoms. The number of sulfonamides is 1. The third-order valence-corrected chi connectivity index (χ3v) is 7.14. The summed E-state index contributed by atoms with van der Waals surface area (Å²) in [4.78, 5) is 14.5. The lowest BCUT2D eigenvalue weighted by Gasteiger charge is -2.34. The Morgan fingerprint density at radius 2 is 1.61 bits per heavy atom. The van der Waals surface area contributed by atoms with Crippen molar-refractivity contribution in [3.8, 4) is 11.5 Å². The number of hydrogen-bond acceptors (Lipinski definition) is 5. The summed E-state index contributed by atoms with van der Waals surface area (Å²) >= 11 is 3.32. The average Bonchev–Trinajstić information content (AvgIpc) is 2.73. The predicted molar refractivity (Wildman–Crippen MR) is 108 cm³/mol. The van der Waals surface area contributed by atoms with Crippen molar-refractivity contribution in [2.45, 2.75) is 4.90 Å². The van der Waals surface area contributed by atoms with Crippen LogP contribution in [0, 0.1) is 0 Å². The zero-order valence-electron chi connectivity index (χ0n) is 15.6. The maximum Gasteiger partial charge on any atom is 0.253 e. The summed E-state index contributed by atoms with van der Waals surface area (Å²) in [6.07, 6.45) is 0. The van der Waals surface area contributed by atoms with Gasteiger partial charge in [-0.1, -0.05) is 0 Å². The van der Waals surface area contributed by atoms with E-state index in [1.54, 1.807) is 42.3 Å². The Labute approximate surface area is 173 Å². The van der Waals surface area contributed by atoms with Gasteiger partial charge in [0.05, 0.1) is 23.6 Å². The molecule has 2 aromatic rings. The van der Waals surface area contributed by atoms with E-state index in [9.17, 15) is 13.2 Å². The second-order valence-electron chi connectivity index (χ2n) is 6.22. The maximum absolute atomic E-state index is 12.9. The highest BCUT2D eigenvalue weighted by Crippen LogP contribution is 2.29. The van der Waals surface area contributed by atoms with Gasteiger partial charge in [-0.05, 0) is 58.4 Å². The van der Waals surface area contributed by atoms with E-state index in [1.807, 2.05) is 0 Å². The molecule has 0 radical (unpaired) electrons. The number of hydrogen-bond donors (Lipinski definition) is 0. The van der Waals surface area contributed by atoms with Crippen LogP contribution in [-0.2, 0) is 10.0 Å². The molecule has 1 fully saturated rings. The molecule has 1 amide bonds. The van der Waals surface area contributed by atoms with Crippen molar-refractivity contribution in [1.82, 2.24) is 9.21 Å². The molecule has 1 saturated heterocycles. The number of rotatable bonds is 5. The molecule has 1 heterocycles. The summed E-state index contributed by atoms with van der Waals surface area (Å²) in [6, 6.07) is 11.5. The molecule has 3 rings (SSSR count). The van der Waals surface area contributed by atoms with Crippen LogP contribution in [0.3, 0.4) is 0 Å². The standard InChI is InChI=1S/C19H21BrN2O5S/c1-26-15-5-3-14(4-6-15)19(23)21-9-11-22(12-10-21)28(24,25)16-7-8-18(27-2)17(20)13-16/h3-8,13H,9-12H2,1-2H3. The average molecular weight is 469 g/mol. The Kier molecular flexibility index (Phi) is 6.26. The van der Waals surface area contributed by atoms with Gasteiger partial charge in [-0.2, -0.15) is 4.31 Å². The third kappa shape index (κ3) is 4.16. The first-order chi connectivity index (χ1) is 13.4. The van der Waals surface area contributed by atoms with Gasteiger partial charge in [-0.25, -0.2) is 8.42 Å². The van der Waals surface area contributed by atoms with Gasteiger partial charge in [0.2, 0.25) is 10.0 Å². The van der Waals surface area contributed by atoms with Gasteiger partial charge in [-0.15, -0.1) is 0 Å². The Hall–Kier alpha value is -2.10. The van der Waals surface area contributed by atoms with Crippen LogP contribution in [0.25, 0.3) is 0 Å². The van der Waals surface area contributed by atoms with E-state index in [4.69, 9.17) is 9.47 Å². The van der Waals surface area contributed by atoms with Crippen molar-refractivity contribution in [3.05, 3.63) is 52.5 Å². The van der Waals surface area contributed by atoms with Crippen molar-refractivity contribution >= 4 is 31.9 Å². The normalized spacial score (nSPS) is 15.3. The van der Waals surface area contributed by atoms with Crippen LogP contribution in [0.1, 0.15) is 10.4 Å². The van der Waals surface area contributed by atoms with Crippen molar-refractivity contribution in [2.75, 3.05) is 40.4 Å². The molecule has 0 atom stereocenters. The number of amides is 1. The van der Waals surface area contributed by atoms with Crippen molar-refractivity contribution in [1.29, 1.82) is 0 Å². The fourth-order valence-corrected chi connectivity index (χ4v) is 5.15. The zero-order valence-corrected chi connectivity index (χ0v) is 18.0. The summed E-state index contributed by atoms with van der Waals surface area (Å²) in [7, 11) is -0.551. The lowest BCUT2D eigenvalue weighted by molar-refractivity contribution is 0.0698. The molecule has 28 heavy (non-hydrogen) atoms. The summed E-state index contributed by atoms with van der Waals surface area (Å²) in [6.45, 7) is 1.16. The van der Waals surface area contributed by atoms with Gasteiger partial charge in [0.25, 0.3) is 5.91 Å². The van der Waals surface area contributed by atoms with E-state index >= 15 is 0 Å². The first kappa shape index (κ1) is 20.6. The van der Waals surface area contributed by atoms with Gasteiger partial charge in [0.15, 0.2) is 0 Å². The second kappa shape index (κ2) is 8.50. The van der Waals surface area contributed by atoms with E-state index < -0.39 is 10.0 Å². The Bertz CT molecular complexity index is 955. The summed E-state index contributed by atoms with van der Waals surface area (Å²) in [5, 5.41) is 0. The molecule has 7 nitrogen and oxygen atoms in total. The molecule has 150 valence electrons. The van der Waals surface area contributed by atoms with Crippen molar-refractivity contribution in [3.63, 3.8) is 0 Å². The molecular weight excluding hydrogens is 448 g/mol. The van der Waals surface area contributed by atoms with E-state index in [-0.39, 0.29) is 23.9 Å². The highest BCUT2D eigenvalue weighted by atomic mass is 79.9. The number of piperazine rings is 1. The largest absolute Gasteiger partial charge is 0.497 e. The number of nitrogens with zero attached hydrogens (tertiary/aromatic N) is 2. The van der Waals surface area contributed by atoms with Crippen LogP contribution in [0.4, 0.5) is 0 Å². The zero-order chi connectivity index (χ0) is 20.3. The minimum atomic E-state index is -3.64. The second-order valence-corrected chi connectivity index (χ2v) is 9.01. The minimum Gasteiger partial charge on any atom is -0.497 e. The van der Waals surface area contributed by atoms with Gasteiger partial charge < -0.3 is 14.4 Å². The van der Waals surface area contributed by atoms with Crippen LogP contribution in [0.5, 0.6) is 11.5 Å². The fourth-order valence-electron chi connectivity index (χ4n) is 3.00. The lowest BCUT2D eigenvalue weighted by Crippen LogP contribution is -2.50. The molecule has 0 unspecified atom stereocenters. The molecule has 1 aliphatic heterocycles. The number of carbonyl (C=O) groups excluding carboxylic acids is 1. The predicted octanol–water partition coefficient (Wildman–Crippen LogP) is 2.61. The Morgan fingerprint density at radius 1 is 0.964 bits per heavy atom. The summed E-state index contributed by atoms with van der Waals surface area (Å²) in [5.74, 6) is 1.12. The first-order valence-corrected chi connectivity index (χ1v) is 10.9. The number of ether oxygens (including phenoxy) is 2. The van der Waals surface area contributed by atoms with Crippen LogP contribution in [0.2, 0.25) is 0 Å². The highest BCUT2D eigenvalue weighted by Gasteiger charge is 2.30.